The van der Waals surface area contributed by atoms with Crippen LogP contribution in [0.4, 0.5) is 24.5 Å². The lowest BCUT2D eigenvalue weighted by Crippen LogP contribution is -2.14. The Hall–Kier alpha value is -3.11. The van der Waals surface area contributed by atoms with Gasteiger partial charge in [-0.1, -0.05) is 18.2 Å². The van der Waals surface area contributed by atoms with Crippen LogP contribution in [0.25, 0.3) is 0 Å². The van der Waals surface area contributed by atoms with E-state index < -0.39 is 23.7 Å². The maximum Gasteiger partial charge on any atom is 0.416 e. The highest BCUT2D eigenvalue weighted by molar-refractivity contribution is 5.96. The van der Waals surface area contributed by atoms with Crippen LogP contribution in [-0.4, -0.2) is 50.1 Å². The summed E-state index contributed by atoms with van der Waals surface area (Å²) in [5.41, 5.74) is -0.153. The van der Waals surface area contributed by atoms with Gasteiger partial charge < -0.3 is 24.6 Å². The number of alkyl halides is 3. The quantitative estimate of drug-likeness (QED) is 0.378. The lowest BCUT2D eigenvalue weighted by molar-refractivity contribution is -0.138. The number of rotatable bonds is 12. The van der Waals surface area contributed by atoms with Gasteiger partial charge in [0.05, 0.1) is 49.7 Å². The number of carboxylic acid groups (broad SMARTS) is 1. The third kappa shape index (κ3) is 8.65. The summed E-state index contributed by atoms with van der Waals surface area (Å²) < 4.78 is 54.1. The standard InChI is InChI=1S/C21H22F3NO6/c22-21(23,24)15-4-3-5-16(14-15)25-18-7-2-1-6-17(18)20(28)31-13-12-30-11-10-29-9-8-19(26)27/h1-7,14,25H,8-13H2,(H,26,27). The van der Waals surface area contributed by atoms with Crippen LogP contribution in [0.2, 0.25) is 0 Å². The van der Waals surface area contributed by atoms with Gasteiger partial charge in [0.15, 0.2) is 0 Å². The first-order chi connectivity index (χ1) is 14.8. The minimum atomic E-state index is -4.47. The fraction of sp³-hybridized carbons (Fsp3) is 0.333. The SMILES string of the molecule is O=C(O)CCOCCOCCOC(=O)c1ccccc1Nc1cccc(C(F)(F)F)c1. The highest BCUT2D eigenvalue weighted by Gasteiger charge is 2.30. The van der Waals surface area contributed by atoms with Crippen LogP contribution in [-0.2, 0) is 25.2 Å². The second kappa shape index (κ2) is 11.9. The predicted molar refractivity (Wildman–Crippen MR) is 105 cm³/mol. The summed E-state index contributed by atoms with van der Waals surface area (Å²) in [7, 11) is 0. The number of para-hydroxylation sites is 1. The van der Waals surface area contributed by atoms with Crippen molar-refractivity contribution in [1.82, 2.24) is 0 Å². The third-order valence-corrected chi connectivity index (χ3v) is 3.91. The first-order valence-corrected chi connectivity index (χ1v) is 9.35. The summed E-state index contributed by atoms with van der Waals surface area (Å²) in [4.78, 5) is 22.7. The van der Waals surface area contributed by atoms with Crippen molar-refractivity contribution in [2.45, 2.75) is 12.6 Å². The molecule has 2 aromatic carbocycles. The first kappa shape index (κ1) is 24.2. The molecule has 168 valence electrons. The Balaban J connectivity index is 1.82. The molecule has 31 heavy (non-hydrogen) atoms. The van der Waals surface area contributed by atoms with Crippen molar-refractivity contribution >= 4 is 23.3 Å². The Morgan fingerprint density at radius 3 is 2.29 bits per heavy atom. The maximum atomic E-state index is 12.9. The number of anilines is 2. The molecule has 0 saturated heterocycles. The summed E-state index contributed by atoms with van der Waals surface area (Å²) in [5, 5.41) is 11.3. The van der Waals surface area contributed by atoms with E-state index in [9.17, 15) is 22.8 Å². The van der Waals surface area contributed by atoms with E-state index in [4.69, 9.17) is 19.3 Å². The number of hydrogen-bond donors (Lipinski definition) is 2. The molecule has 0 aliphatic rings. The fourth-order valence-corrected chi connectivity index (χ4v) is 2.45. The molecule has 0 bridgehead atoms. The topological polar surface area (TPSA) is 94.1 Å². The number of carboxylic acids is 1. The minimum absolute atomic E-state index is 0.0359. The molecular formula is C21H22F3NO6. The van der Waals surface area contributed by atoms with Gasteiger partial charge in [-0.3, -0.25) is 4.79 Å². The van der Waals surface area contributed by atoms with Gasteiger partial charge in [0.25, 0.3) is 0 Å². The Kier molecular flexibility index (Phi) is 9.29. The van der Waals surface area contributed by atoms with Gasteiger partial charge in [-0.15, -0.1) is 0 Å². The van der Waals surface area contributed by atoms with Crippen LogP contribution in [0.5, 0.6) is 0 Å². The number of esters is 1. The molecule has 0 radical (unpaired) electrons. The highest BCUT2D eigenvalue weighted by atomic mass is 19.4. The molecule has 2 rings (SSSR count). The van der Waals surface area contributed by atoms with Gasteiger partial charge in [0.1, 0.15) is 6.61 Å². The van der Waals surface area contributed by atoms with Crippen LogP contribution >= 0.6 is 0 Å². The van der Waals surface area contributed by atoms with E-state index in [-0.39, 0.29) is 50.7 Å². The highest BCUT2D eigenvalue weighted by Crippen LogP contribution is 2.31. The molecule has 0 amide bonds. The summed E-state index contributed by atoms with van der Waals surface area (Å²) in [6.45, 7) is 0.586. The van der Waals surface area contributed by atoms with Crippen molar-refractivity contribution in [3.63, 3.8) is 0 Å². The first-order valence-electron chi connectivity index (χ1n) is 9.35. The van der Waals surface area contributed by atoms with E-state index in [0.717, 1.165) is 12.1 Å². The number of carbonyl (C=O) groups is 2. The lowest BCUT2D eigenvalue weighted by atomic mass is 10.1. The summed E-state index contributed by atoms with van der Waals surface area (Å²) >= 11 is 0. The van der Waals surface area contributed by atoms with E-state index in [1.165, 1.54) is 18.2 Å². The van der Waals surface area contributed by atoms with Crippen molar-refractivity contribution in [3.05, 3.63) is 59.7 Å². The number of carbonyl (C=O) groups excluding carboxylic acids is 1. The molecule has 0 aromatic heterocycles. The summed E-state index contributed by atoms with van der Waals surface area (Å²) in [5.74, 6) is -1.60. The molecule has 0 atom stereocenters. The molecule has 0 saturated carbocycles. The van der Waals surface area contributed by atoms with Crippen LogP contribution in [0.3, 0.4) is 0 Å². The molecule has 10 heteroatoms. The van der Waals surface area contributed by atoms with Crippen molar-refractivity contribution in [2.75, 3.05) is 38.4 Å². The Bertz CT molecular complexity index is 872. The molecule has 2 N–H and O–H groups in total. The van der Waals surface area contributed by atoms with Crippen molar-refractivity contribution in [2.24, 2.45) is 0 Å². The van der Waals surface area contributed by atoms with Gasteiger partial charge in [0, 0.05) is 5.69 Å². The lowest BCUT2D eigenvalue weighted by Gasteiger charge is -2.13. The molecular weight excluding hydrogens is 419 g/mol. The smallest absolute Gasteiger partial charge is 0.416 e. The molecule has 0 spiro atoms. The summed E-state index contributed by atoms with van der Waals surface area (Å²) in [6.07, 6.45) is -4.57. The van der Waals surface area contributed by atoms with Crippen LogP contribution in [0.1, 0.15) is 22.3 Å². The largest absolute Gasteiger partial charge is 0.481 e. The zero-order valence-electron chi connectivity index (χ0n) is 16.5. The van der Waals surface area contributed by atoms with Crippen molar-refractivity contribution in [3.8, 4) is 0 Å². The molecule has 0 unspecified atom stereocenters. The molecule has 0 aliphatic heterocycles. The second-order valence-corrected chi connectivity index (χ2v) is 6.25. The fourth-order valence-electron chi connectivity index (χ4n) is 2.45. The zero-order valence-corrected chi connectivity index (χ0v) is 16.5. The number of hydrogen-bond acceptors (Lipinski definition) is 6. The number of halogens is 3. The summed E-state index contributed by atoms with van der Waals surface area (Å²) in [6, 6.07) is 11.0. The van der Waals surface area contributed by atoms with E-state index in [1.54, 1.807) is 18.2 Å². The van der Waals surface area contributed by atoms with E-state index in [0.29, 0.717) is 5.69 Å². The average molecular weight is 441 g/mol. The monoisotopic (exact) mass is 441 g/mol. The number of aliphatic carboxylic acids is 1. The van der Waals surface area contributed by atoms with Gasteiger partial charge >= 0.3 is 18.1 Å². The van der Waals surface area contributed by atoms with Crippen molar-refractivity contribution < 1.29 is 42.1 Å². The molecule has 0 aliphatic carbocycles. The van der Waals surface area contributed by atoms with Gasteiger partial charge in [-0.05, 0) is 30.3 Å². The van der Waals surface area contributed by atoms with Crippen LogP contribution < -0.4 is 5.32 Å². The zero-order chi connectivity index (χ0) is 22.7. The predicted octanol–water partition coefficient (Wildman–Crippen LogP) is 4.11. The number of ether oxygens (including phenoxy) is 3. The van der Waals surface area contributed by atoms with Crippen LogP contribution in [0, 0.1) is 0 Å². The second-order valence-electron chi connectivity index (χ2n) is 6.25. The average Bonchev–Trinajstić information content (AvgIpc) is 2.72. The Labute approximate surface area is 176 Å². The van der Waals surface area contributed by atoms with Gasteiger partial charge in [-0.2, -0.15) is 13.2 Å². The molecule has 7 nitrogen and oxygen atoms in total. The van der Waals surface area contributed by atoms with Gasteiger partial charge in [0.2, 0.25) is 0 Å². The maximum absolute atomic E-state index is 12.9. The van der Waals surface area contributed by atoms with E-state index in [1.807, 2.05) is 0 Å². The molecule has 0 fully saturated rings. The Morgan fingerprint density at radius 2 is 1.58 bits per heavy atom. The molecule has 2 aromatic rings. The van der Waals surface area contributed by atoms with E-state index >= 15 is 0 Å². The Morgan fingerprint density at radius 1 is 0.903 bits per heavy atom. The van der Waals surface area contributed by atoms with Crippen molar-refractivity contribution in [1.29, 1.82) is 0 Å². The van der Waals surface area contributed by atoms with Gasteiger partial charge in [-0.25, -0.2) is 4.79 Å². The number of nitrogens with one attached hydrogen (secondary N) is 1. The van der Waals surface area contributed by atoms with E-state index in [2.05, 4.69) is 5.32 Å². The normalized spacial score (nSPS) is 11.2. The number of benzene rings is 2. The van der Waals surface area contributed by atoms with Crippen LogP contribution in [0.15, 0.2) is 48.5 Å². The third-order valence-electron chi connectivity index (χ3n) is 3.91. The minimum Gasteiger partial charge on any atom is -0.481 e. The molecule has 0 heterocycles.